The van der Waals surface area contributed by atoms with E-state index in [1.807, 2.05) is 6.07 Å². The summed E-state index contributed by atoms with van der Waals surface area (Å²) in [5, 5.41) is 3.18. The van der Waals surface area contributed by atoms with Crippen LogP contribution in [0, 0.1) is 0 Å². The maximum absolute atomic E-state index is 13.2. The topological polar surface area (TPSA) is 112 Å². The third-order valence-electron chi connectivity index (χ3n) is 5.33. The van der Waals surface area contributed by atoms with Gasteiger partial charge in [0.25, 0.3) is 17.1 Å². The summed E-state index contributed by atoms with van der Waals surface area (Å²) in [5.74, 6) is -0.0569. The minimum Gasteiger partial charge on any atom is -0.385 e. The molecule has 3 aromatic heterocycles. The molecular weight excluding hydrogens is 386 g/mol. The van der Waals surface area contributed by atoms with E-state index >= 15 is 0 Å². The molecule has 3 N–H and O–H groups in total. The second kappa shape index (κ2) is 8.76. The smallest absolute Gasteiger partial charge is 0.278 e. The number of hydrogen-bond donors (Lipinski definition) is 2. The third-order valence-corrected chi connectivity index (χ3v) is 5.33. The van der Waals surface area contributed by atoms with Crippen LogP contribution in [0.1, 0.15) is 29.6 Å². The Morgan fingerprint density at radius 1 is 1.47 bits per heavy atom. The number of carbonyl (C=O) groups excluding carboxylic acids is 1. The largest absolute Gasteiger partial charge is 0.385 e. The molecule has 3 aromatic rings. The van der Waals surface area contributed by atoms with Crippen molar-refractivity contribution in [2.75, 3.05) is 32.6 Å². The number of methoxy groups -OCH3 is 1. The van der Waals surface area contributed by atoms with Crippen LogP contribution in [0.4, 0.5) is 5.82 Å². The van der Waals surface area contributed by atoms with E-state index in [1.165, 1.54) is 10.5 Å². The quantitative estimate of drug-likeness (QED) is 0.335. The lowest BCUT2D eigenvalue weighted by Crippen LogP contribution is -2.46. The van der Waals surface area contributed by atoms with Crippen LogP contribution in [0.2, 0.25) is 0 Å². The number of nitrogens with one attached hydrogen (secondary N) is 1. The van der Waals surface area contributed by atoms with Gasteiger partial charge in [0, 0.05) is 33.1 Å². The van der Waals surface area contributed by atoms with Gasteiger partial charge in [0.05, 0.1) is 12.6 Å². The van der Waals surface area contributed by atoms with Crippen LogP contribution in [-0.2, 0) is 16.0 Å². The Kier molecular flexibility index (Phi) is 5.91. The van der Waals surface area contributed by atoms with Crippen LogP contribution in [0.3, 0.4) is 0 Å². The monoisotopic (exact) mass is 412 g/mol. The zero-order chi connectivity index (χ0) is 21.1. The molecule has 0 unspecified atom stereocenters. The maximum Gasteiger partial charge on any atom is 0.278 e. The number of amides is 1. The van der Waals surface area contributed by atoms with Crippen molar-refractivity contribution in [1.29, 1.82) is 0 Å². The van der Waals surface area contributed by atoms with E-state index in [0.717, 1.165) is 12.8 Å². The SMILES string of the molecule is COCCCNC(=O)c1cc2c(=O)n3ccccc3nc2[n+](C[C@H]2CCCO2)c1N. The van der Waals surface area contributed by atoms with Gasteiger partial charge in [-0.1, -0.05) is 11.1 Å². The van der Waals surface area contributed by atoms with Crippen LogP contribution in [0.25, 0.3) is 16.7 Å². The van der Waals surface area contributed by atoms with Crippen LogP contribution in [-0.4, -0.2) is 48.3 Å². The first-order chi connectivity index (χ1) is 14.6. The molecule has 1 atom stereocenters. The van der Waals surface area contributed by atoms with Gasteiger partial charge in [-0.15, -0.1) is 0 Å². The van der Waals surface area contributed by atoms with Crippen molar-refractivity contribution in [2.24, 2.45) is 0 Å². The number of aromatic nitrogens is 3. The lowest BCUT2D eigenvalue weighted by atomic mass is 10.1. The number of rotatable bonds is 7. The van der Waals surface area contributed by atoms with Crippen molar-refractivity contribution in [1.82, 2.24) is 14.7 Å². The lowest BCUT2D eigenvalue weighted by Gasteiger charge is -2.15. The molecule has 30 heavy (non-hydrogen) atoms. The minimum absolute atomic E-state index is 0.0310. The molecule has 0 saturated carbocycles. The first-order valence-corrected chi connectivity index (χ1v) is 10.1. The highest BCUT2D eigenvalue weighted by Crippen LogP contribution is 2.18. The van der Waals surface area contributed by atoms with Gasteiger partial charge in [-0.25, -0.2) is 4.57 Å². The summed E-state index contributed by atoms with van der Waals surface area (Å²) in [4.78, 5) is 30.7. The van der Waals surface area contributed by atoms with Crippen molar-refractivity contribution >= 4 is 28.4 Å². The first-order valence-electron chi connectivity index (χ1n) is 10.1. The minimum atomic E-state index is -0.329. The predicted molar refractivity (Wildman–Crippen MR) is 111 cm³/mol. The van der Waals surface area contributed by atoms with Crippen molar-refractivity contribution in [3.63, 3.8) is 0 Å². The van der Waals surface area contributed by atoms with Crippen molar-refractivity contribution < 1.29 is 18.8 Å². The molecule has 4 heterocycles. The molecule has 4 rings (SSSR count). The molecule has 0 spiro atoms. The van der Waals surface area contributed by atoms with Gasteiger partial charge in [0.15, 0.2) is 0 Å². The van der Waals surface area contributed by atoms with Crippen LogP contribution in [0.5, 0.6) is 0 Å². The van der Waals surface area contributed by atoms with Crippen molar-refractivity contribution in [3.05, 3.63) is 46.4 Å². The van der Waals surface area contributed by atoms with E-state index in [-0.39, 0.29) is 29.0 Å². The summed E-state index contributed by atoms with van der Waals surface area (Å²) in [6, 6.07) is 6.90. The average Bonchev–Trinajstić information content (AvgIpc) is 3.27. The molecule has 9 nitrogen and oxygen atoms in total. The Balaban J connectivity index is 1.84. The normalized spacial score (nSPS) is 16.4. The Bertz CT molecular complexity index is 1140. The van der Waals surface area contributed by atoms with Crippen molar-refractivity contribution in [2.45, 2.75) is 31.9 Å². The number of nitrogen functional groups attached to an aromatic ring is 1. The van der Waals surface area contributed by atoms with Gasteiger partial charge in [0.1, 0.15) is 10.9 Å². The summed E-state index contributed by atoms with van der Waals surface area (Å²) in [7, 11) is 1.61. The van der Waals surface area contributed by atoms with Gasteiger partial charge < -0.3 is 20.5 Å². The molecule has 1 amide bonds. The van der Waals surface area contributed by atoms with Crippen LogP contribution in [0.15, 0.2) is 35.3 Å². The zero-order valence-electron chi connectivity index (χ0n) is 17.0. The lowest BCUT2D eigenvalue weighted by molar-refractivity contribution is -0.666. The van der Waals surface area contributed by atoms with E-state index in [9.17, 15) is 9.59 Å². The number of carbonyl (C=O) groups is 1. The molecule has 1 saturated heterocycles. The molecule has 0 aliphatic carbocycles. The van der Waals surface area contributed by atoms with Gasteiger partial charge in [-0.05, 0) is 37.5 Å². The Hall–Kier alpha value is -3.04. The highest BCUT2D eigenvalue weighted by molar-refractivity contribution is 6.00. The molecule has 1 fully saturated rings. The van der Waals surface area contributed by atoms with Crippen LogP contribution >= 0.6 is 0 Å². The van der Waals surface area contributed by atoms with E-state index < -0.39 is 0 Å². The number of pyridine rings is 2. The molecule has 1 aliphatic rings. The molecule has 9 heteroatoms. The van der Waals surface area contributed by atoms with E-state index in [4.69, 9.17) is 15.2 Å². The molecule has 0 bridgehead atoms. The standard InChI is InChI=1S/C21H25N5O4/c1-29-10-5-8-23-20(27)15-12-16-19(24-17-7-2-3-9-25(17)21(16)28)26(18(15)22)13-14-6-4-11-30-14/h2-3,7,9,12,14,22H,4-6,8,10-11,13H2,1H3,(H,23,27)/p+1/t14-/m1/s1. The molecule has 0 radical (unpaired) electrons. The number of hydrogen-bond acceptors (Lipinski definition) is 6. The first kappa shape index (κ1) is 20.2. The average molecular weight is 412 g/mol. The fourth-order valence-electron chi connectivity index (χ4n) is 3.77. The molecule has 158 valence electrons. The summed E-state index contributed by atoms with van der Waals surface area (Å²) in [5.41, 5.74) is 7.41. The number of anilines is 1. The summed E-state index contributed by atoms with van der Waals surface area (Å²) in [6.07, 6.45) is 4.18. The Morgan fingerprint density at radius 3 is 3.10 bits per heavy atom. The van der Waals surface area contributed by atoms with Gasteiger partial charge in [0.2, 0.25) is 11.5 Å². The molecule has 1 aliphatic heterocycles. The van der Waals surface area contributed by atoms with Gasteiger partial charge in [-0.3, -0.25) is 14.0 Å². The Morgan fingerprint density at radius 2 is 2.33 bits per heavy atom. The maximum atomic E-state index is 13.2. The zero-order valence-corrected chi connectivity index (χ0v) is 17.0. The summed E-state index contributed by atoms with van der Waals surface area (Å²) in [6.45, 7) is 2.12. The Labute approximate surface area is 173 Å². The van der Waals surface area contributed by atoms with Crippen LogP contribution < -0.4 is 21.2 Å². The second-order valence-corrected chi connectivity index (χ2v) is 7.37. The summed E-state index contributed by atoms with van der Waals surface area (Å²) < 4.78 is 14.0. The predicted octanol–water partition coefficient (Wildman–Crippen LogP) is 0.663. The highest BCUT2D eigenvalue weighted by Gasteiger charge is 2.27. The van der Waals surface area contributed by atoms with E-state index in [1.54, 1.807) is 30.0 Å². The summed E-state index contributed by atoms with van der Waals surface area (Å²) >= 11 is 0. The third kappa shape index (κ3) is 3.86. The number of nitrogens with zero attached hydrogens (tertiary/aromatic N) is 3. The fourth-order valence-corrected chi connectivity index (χ4v) is 3.77. The van der Waals surface area contributed by atoms with E-state index in [0.29, 0.717) is 49.4 Å². The van der Waals surface area contributed by atoms with E-state index in [2.05, 4.69) is 10.3 Å². The molecular formula is C21H26N5O4+. The second-order valence-electron chi connectivity index (χ2n) is 7.37. The fraction of sp³-hybridized carbons (Fsp3) is 0.429. The van der Waals surface area contributed by atoms with Crippen molar-refractivity contribution in [3.8, 4) is 0 Å². The van der Waals surface area contributed by atoms with Gasteiger partial charge >= 0.3 is 0 Å². The number of ether oxygens (including phenoxy) is 2. The van der Waals surface area contributed by atoms with Gasteiger partial charge in [-0.2, -0.15) is 0 Å². The highest BCUT2D eigenvalue weighted by atomic mass is 16.5. The number of fused-ring (bicyclic) bond motifs is 2. The number of nitrogens with two attached hydrogens (primary N) is 1. The molecule has 0 aromatic carbocycles.